The Morgan fingerprint density at radius 3 is 3.17 bits per heavy atom. The third-order valence-corrected chi connectivity index (χ3v) is 2.94. The summed E-state index contributed by atoms with van der Waals surface area (Å²) in [5.74, 6) is 1.19. The molecule has 1 aliphatic rings. The van der Waals surface area contributed by atoms with Crippen LogP contribution in [0.4, 0.5) is 11.5 Å². The topological polar surface area (TPSA) is 72.6 Å². The standard InChI is InChI=1S/C12H20N4O2/c1-16-5-6-18-9(8-16)7-14-11-4-3-10(13)12(15-11)17-2/h3-4,9H,5-8,13H2,1-2H3,(H,14,15). The van der Waals surface area contributed by atoms with Crippen LogP contribution in [-0.4, -0.2) is 56.4 Å². The molecule has 2 rings (SSSR count). The number of ether oxygens (including phenoxy) is 2. The van der Waals surface area contributed by atoms with Gasteiger partial charge in [0.1, 0.15) is 5.82 Å². The number of nitrogen functional groups attached to an aromatic ring is 1. The summed E-state index contributed by atoms with van der Waals surface area (Å²) in [5, 5.41) is 3.24. The van der Waals surface area contributed by atoms with Crippen LogP contribution in [-0.2, 0) is 4.74 Å². The number of morpholine rings is 1. The number of hydrogen-bond acceptors (Lipinski definition) is 6. The molecule has 100 valence electrons. The molecule has 0 saturated carbocycles. The highest BCUT2D eigenvalue weighted by atomic mass is 16.5. The molecule has 1 unspecified atom stereocenters. The molecule has 1 saturated heterocycles. The first-order valence-electron chi connectivity index (χ1n) is 6.03. The Labute approximate surface area is 107 Å². The zero-order chi connectivity index (χ0) is 13.0. The minimum Gasteiger partial charge on any atom is -0.479 e. The summed E-state index contributed by atoms with van der Waals surface area (Å²) < 4.78 is 10.7. The van der Waals surface area contributed by atoms with Crippen molar-refractivity contribution in [1.82, 2.24) is 9.88 Å². The number of pyridine rings is 1. The molecule has 18 heavy (non-hydrogen) atoms. The molecular weight excluding hydrogens is 232 g/mol. The van der Waals surface area contributed by atoms with Gasteiger partial charge in [-0.1, -0.05) is 0 Å². The Kier molecular flexibility index (Phi) is 4.22. The van der Waals surface area contributed by atoms with Gasteiger partial charge in [0.15, 0.2) is 0 Å². The fourth-order valence-electron chi connectivity index (χ4n) is 1.92. The Morgan fingerprint density at radius 2 is 2.44 bits per heavy atom. The van der Waals surface area contributed by atoms with E-state index < -0.39 is 0 Å². The second kappa shape index (κ2) is 5.88. The quantitative estimate of drug-likeness (QED) is 0.809. The predicted octanol–water partition coefficient (Wildman–Crippen LogP) is 0.415. The molecule has 0 aromatic carbocycles. The number of aromatic nitrogens is 1. The van der Waals surface area contributed by atoms with Crippen LogP contribution in [0.15, 0.2) is 12.1 Å². The van der Waals surface area contributed by atoms with Crippen LogP contribution >= 0.6 is 0 Å². The fraction of sp³-hybridized carbons (Fsp3) is 0.583. The summed E-state index contributed by atoms with van der Waals surface area (Å²) in [6, 6.07) is 3.62. The third-order valence-electron chi connectivity index (χ3n) is 2.94. The van der Waals surface area contributed by atoms with Crippen LogP contribution in [0.3, 0.4) is 0 Å². The predicted molar refractivity (Wildman–Crippen MR) is 70.9 cm³/mol. The van der Waals surface area contributed by atoms with E-state index in [-0.39, 0.29) is 6.10 Å². The summed E-state index contributed by atoms with van der Waals surface area (Å²) >= 11 is 0. The lowest BCUT2D eigenvalue weighted by Crippen LogP contribution is -2.43. The van der Waals surface area contributed by atoms with Crippen LogP contribution in [0.5, 0.6) is 5.88 Å². The van der Waals surface area contributed by atoms with Gasteiger partial charge in [0.25, 0.3) is 0 Å². The number of likely N-dealkylation sites (N-methyl/N-ethyl adjacent to an activating group) is 1. The number of anilines is 2. The summed E-state index contributed by atoms with van der Waals surface area (Å²) in [7, 11) is 3.65. The molecule has 0 bridgehead atoms. The van der Waals surface area contributed by atoms with Gasteiger partial charge < -0.3 is 25.4 Å². The van der Waals surface area contributed by atoms with Gasteiger partial charge in [0.2, 0.25) is 5.88 Å². The Hall–Kier alpha value is -1.53. The summed E-state index contributed by atoms with van der Waals surface area (Å²) in [4.78, 5) is 6.52. The van der Waals surface area contributed by atoms with Gasteiger partial charge in [-0.3, -0.25) is 0 Å². The number of nitrogens with zero attached hydrogens (tertiary/aromatic N) is 2. The number of nitrogens with two attached hydrogens (primary N) is 1. The average molecular weight is 252 g/mol. The molecule has 2 heterocycles. The average Bonchev–Trinajstić information content (AvgIpc) is 2.38. The number of nitrogens with one attached hydrogen (secondary N) is 1. The molecule has 0 spiro atoms. The molecule has 3 N–H and O–H groups in total. The van der Waals surface area contributed by atoms with Gasteiger partial charge in [-0.05, 0) is 19.2 Å². The van der Waals surface area contributed by atoms with Crippen LogP contribution in [0.2, 0.25) is 0 Å². The summed E-state index contributed by atoms with van der Waals surface area (Å²) in [5.41, 5.74) is 6.25. The van der Waals surface area contributed by atoms with Crippen molar-refractivity contribution in [1.29, 1.82) is 0 Å². The molecule has 0 amide bonds. The van der Waals surface area contributed by atoms with E-state index in [0.29, 0.717) is 11.6 Å². The van der Waals surface area contributed by atoms with E-state index in [0.717, 1.165) is 32.1 Å². The first kappa shape index (κ1) is 12.9. The van der Waals surface area contributed by atoms with E-state index in [4.69, 9.17) is 15.2 Å². The van der Waals surface area contributed by atoms with Crippen LogP contribution in [0.1, 0.15) is 0 Å². The van der Waals surface area contributed by atoms with Crippen molar-refractivity contribution in [2.45, 2.75) is 6.10 Å². The normalized spacial score (nSPS) is 20.7. The van der Waals surface area contributed by atoms with Gasteiger partial charge >= 0.3 is 0 Å². The SMILES string of the molecule is COc1nc(NCC2CN(C)CCO2)ccc1N. The molecular formula is C12H20N4O2. The van der Waals surface area contributed by atoms with Crippen LogP contribution in [0, 0.1) is 0 Å². The van der Waals surface area contributed by atoms with E-state index in [1.807, 2.05) is 6.07 Å². The van der Waals surface area contributed by atoms with Crippen molar-refractivity contribution in [2.75, 3.05) is 51.4 Å². The highest BCUT2D eigenvalue weighted by Gasteiger charge is 2.17. The zero-order valence-corrected chi connectivity index (χ0v) is 10.8. The molecule has 6 nitrogen and oxygen atoms in total. The Balaban J connectivity index is 1.89. The first-order valence-corrected chi connectivity index (χ1v) is 6.03. The highest BCUT2D eigenvalue weighted by molar-refractivity contribution is 5.53. The molecule has 0 aliphatic carbocycles. The van der Waals surface area contributed by atoms with Crippen LogP contribution in [0.25, 0.3) is 0 Å². The molecule has 1 atom stereocenters. The van der Waals surface area contributed by atoms with Gasteiger partial charge in [-0.15, -0.1) is 0 Å². The highest BCUT2D eigenvalue weighted by Crippen LogP contribution is 2.20. The van der Waals surface area contributed by atoms with Crippen molar-refractivity contribution in [3.63, 3.8) is 0 Å². The largest absolute Gasteiger partial charge is 0.479 e. The van der Waals surface area contributed by atoms with Gasteiger partial charge in [-0.2, -0.15) is 4.98 Å². The van der Waals surface area contributed by atoms with Crippen molar-refractivity contribution < 1.29 is 9.47 Å². The second-order valence-corrected chi connectivity index (χ2v) is 4.43. The number of methoxy groups -OCH3 is 1. The van der Waals surface area contributed by atoms with E-state index >= 15 is 0 Å². The van der Waals surface area contributed by atoms with Gasteiger partial charge in [0.05, 0.1) is 25.5 Å². The molecule has 1 aromatic heterocycles. The molecule has 1 fully saturated rings. The maximum absolute atomic E-state index is 5.71. The van der Waals surface area contributed by atoms with E-state index in [1.165, 1.54) is 0 Å². The molecule has 1 aliphatic heterocycles. The lowest BCUT2D eigenvalue weighted by molar-refractivity contribution is -0.0117. The Morgan fingerprint density at radius 1 is 1.61 bits per heavy atom. The fourth-order valence-corrected chi connectivity index (χ4v) is 1.92. The Bertz CT molecular complexity index is 400. The maximum Gasteiger partial charge on any atom is 0.238 e. The van der Waals surface area contributed by atoms with Crippen molar-refractivity contribution in [3.05, 3.63) is 12.1 Å². The minimum atomic E-state index is 0.189. The lowest BCUT2D eigenvalue weighted by Gasteiger charge is -2.30. The number of rotatable bonds is 4. The van der Waals surface area contributed by atoms with Crippen molar-refractivity contribution in [3.8, 4) is 5.88 Å². The van der Waals surface area contributed by atoms with Crippen molar-refractivity contribution >= 4 is 11.5 Å². The van der Waals surface area contributed by atoms with Gasteiger partial charge in [-0.25, -0.2) is 0 Å². The van der Waals surface area contributed by atoms with E-state index in [1.54, 1.807) is 13.2 Å². The second-order valence-electron chi connectivity index (χ2n) is 4.43. The zero-order valence-electron chi connectivity index (χ0n) is 10.8. The number of hydrogen-bond donors (Lipinski definition) is 2. The third kappa shape index (κ3) is 3.24. The van der Waals surface area contributed by atoms with E-state index in [2.05, 4.69) is 22.2 Å². The smallest absolute Gasteiger partial charge is 0.238 e. The van der Waals surface area contributed by atoms with Crippen LogP contribution < -0.4 is 15.8 Å². The molecule has 6 heteroatoms. The lowest BCUT2D eigenvalue weighted by atomic mass is 10.3. The van der Waals surface area contributed by atoms with Crippen molar-refractivity contribution in [2.24, 2.45) is 0 Å². The maximum atomic E-state index is 5.71. The minimum absolute atomic E-state index is 0.189. The molecule has 1 aromatic rings. The van der Waals surface area contributed by atoms with Gasteiger partial charge in [0, 0.05) is 19.6 Å². The summed E-state index contributed by atoms with van der Waals surface area (Å²) in [6.07, 6.45) is 0.189. The first-order chi connectivity index (χ1) is 8.69. The summed E-state index contributed by atoms with van der Waals surface area (Å²) in [6.45, 7) is 3.43. The monoisotopic (exact) mass is 252 g/mol. The molecule has 0 radical (unpaired) electrons. The van der Waals surface area contributed by atoms with E-state index in [9.17, 15) is 0 Å².